The van der Waals surface area contributed by atoms with Crippen molar-refractivity contribution in [1.82, 2.24) is 9.80 Å². The zero-order valence-corrected chi connectivity index (χ0v) is 10.3. The van der Waals surface area contributed by atoms with E-state index in [0.717, 1.165) is 0 Å². The Balaban J connectivity index is 2.29. The molecule has 0 spiro atoms. The Morgan fingerprint density at radius 2 is 1.64 bits per heavy atom. The molecule has 1 fully saturated rings. The minimum absolute atomic E-state index is 0.505. The number of hydrogen-bond donors (Lipinski definition) is 0. The van der Waals surface area contributed by atoms with Crippen LogP contribution in [0.5, 0.6) is 0 Å². The Bertz CT molecular complexity index is 158. The van der Waals surface area contributed by atoms with Gasteiger partial charge < -0.3 is 9.80 Å². The molecule has 2 heteroatoms. The van der Waals surface area contributed by atoms with Gasteiger partial charge in [0.25, 0.3) is 0 Å². The first-order valence-electron chi connectivity index (χ1n) is 5.94. The van der Waals surface area contributed by atoms with Crippen LogP contribution in [0.4, 0.5) is 0 Å². The molecule has 0 unspecified atom stereocenters. The van der Waals surface area contributed by atoms with Crippen LogP contribution in [0.15, 0.2) is 0 Å². The second-order valence-electron chi connectivity index (χ2n) is 5.49. The second-order valence-corrected chi connectivity index (χ2v) is 5.49. The average molecular weight is 198 g/mol. The van der Waals surface area contributed by atoms with Gasteiger partial charge in [-0.15, -0.1) is 0 Å². The first-order chi connectivity index (χ1) is 6.53. The molecule has 1 saturated heterocycles. The molecule has 0 amide bonds. The van der Waals surface area contributed by atoms with Crippen molar-refractivity contribution in [2.24, 2.45) is 5.41 Å². The lowest BCUT2D eigenvalue weighted by Gasteiger charge is -2.37. The Morgan fingerprint density at radius 1 is 1.07 bits per heavy atom. The number of hydrogen-bond acceptors (Lipinski definition) is 2. The van der Waals surface area contributed by atoms with Crippen LogP contribution < -0.4 is 0 Å². The molecule has 0 atom stereocenters. The molecule has 0 aromatic heterocycles. The molecule has 0 N–H and O–H groups in total. The summed E-state index contributed by atoms with van der Waals surface area (Å²) in [6, 6.07) is 0. The molecule has 1 rings (SSSR count). The maximum absolute atomic E-state index is 2.62. The standard InChI is InChI=1S/C12H26N2/c1-5-6-12(2,3)11-14-9-7-13(4)8-10-14/h5-11H2,1-4H3. The fraction of sp³-hybridized carbons (Fsp3) is 1.00. The van der Waals surface area contributed by atoms with Crippen LogP contribution in [-0.2, 0) is 0 Å². The molecule has 1 aliphatic heterocycles. The van der Waals surface area contributed by atoms with E-state index >= 15 is 0 Å². The molecule has 1 aliphatic rings. The number of nitrogens with zero attached hydrogens (tertiary/aromatic N) is 2. The third-order valence-corrected chi connectivity index (χ3v) is 3.17. The fourth-order valence-electron chi connectivity index (χ4n) is 2.37. The van der Waals surface area contributed by atoms with Crippen molar-refractivity contribution in [3.63, 3.8) is 0 Å². The first kappa shape index (κ1) is 12.0. The van der Waals surface area contributed by atoms with Gasteiger partial charge in [-0.25, -0.2) is 0 Å². The highest BCUT2D eigenvalue weighted by atomic mass is 15.2. The molecule has 2 nitrogen and oxygen atoms in total. The molecule has 1 heterocycles. The predicted octanol–water partition coefficient (Wildman–Crippen LogP) is 2.06. The lowest BCUT2D eigenvalue weighted by atomic mass is 9.87. The molecule has 0 aromatic rings. The summed E-state index contributed by atoms with van der Waals surface area (Å²) in [6.07, 6.45) is 2.65. The summed E-state index contributed by atoms with van der Waals surface area (Å²) in [5.74, 6) is 0. The summed E-state index contributed by atoms with van der Waals surface area (Å²) in [5.41, 5.74) is 0.505. The van der Waals surface area contributed by atoms with E-state index in [2.05, 4.69) is 37.6 Å². The molecule has 0 radical (unpaired) electrons. The van der Waals surface area contributed by atoms with E-state index in [0.29, 0.717) is 5.41 Å². The summed E-state index contributed by atoms with van der Waals surface area (Å²) >= 11 is 0. The van der Waals surface area contributed by atoms with Crippen molar-refractivity contribution in [3.05, 3.63) is 0 Å². The third kappa shape index (κ3) is 3.97. The molecular formula is C12H26N2. The van der Waals surface area contributed by atoms with Crippen molar-refractivity contribution in [2.75, 3.05) is 39.8 Å². The number of rotatable bonds is 4. The van der Waals surface area contributed by atoms with Crippen LogP contribution in [0.3, 0.4) is 0 Å². The molecular weight excluding hydrogens is 172 g/mol. The van der Waals surface area contributed by atoms with Crippen molar-refractivity contribution in [2.45, 2.75) is 33.6 Å². The summed E-state index contributed by atoms with van der Waals surface area (Å²) in [4.78, 5) is 5.04. The van der Waals surface area contributed by atoms with E-state index in [4.69, 9.17) is 0 Å². The highest BCUT2D eigenvalue weighted by Crippen LogP contribution is 2.23. The Hall–Kier alpha value is -0.0800. The third-order valence-electron chi connectivity index (χ3n) is 3.17. The van der Waals surface area contributed by atoms with E-state index in [-0.39, 0.29) is 0 Å². The summed E-state index contributed by atoms with van der Waals surface area (Å²) in [7, 11) is 2.22. The van der Waals surface area contributed by atoms with Gasteiger partial charge in [0, 0.05) is 32.7 Å². The van der Waals surface area contributed by atoms with Crippen LogP contribution in [0.1, 0.15) is 33.6 Å². The molecule has 0 aromatic carbocycles. The molecule has 0 saturated carbocycles. The van der Waals surface area contributed by atoms with Gasteiger partial charge in [-0.1, -0.05) is 27.2 Å². The highest BCUT2D eigenvalue weighted by Gasteiger charge is 2.22. The van der Waals surface area contributed by atoms with Gasteiger partial charge in [0.05, 0.1) is 0 Å². The highest BCUT2D eigenvalue weighted by molar-refractivity contribution is 4.77. The monoisotopic (exact) mass is 198 g/mol. The van der Waals surface area contributed by atoms with Crippen molar-refractivity contribution in [3.8, 4) is 0 Å². The summed E-state index contributed by atoms with van der Waals surface area (Å²) in [5, 5.41) is 0. The minimum Gasteiger partial charge on any atom is -0.304 e. The van der Waals surface area contributed by atoms with Gasteiger partial charge in [-0.3, -0.25) is 0 Å². The molecule has 0 bridgehead atoms. The normalized spacial score (nSPS) is 21.4. The zero-order valence-electron chi connectivity index (χ0n) is 10.3. The smallest absolute Gasteiger partial charge is 0.0110 e. The Morgan fingerprint density at radius 3 is 2.14 bits per heavy atom. The maximum atomic E-state index is 2.62. The van der Waals surface area contributed by atoms with Crippen LogP contribution in [0.2, 0.25) is 0 Å². The Labute approximate surface area is 89.3 Å². The van der Waals surface area contributed by atoms with Crippen molar-refractivity contribution < 1.29 is 0 Å². The lowest BCUT2D eigenvalue weighted by Crippen LogP contribution is -2.47. The SMILES string of the molecule is CCCC(C)(C)CN1CCN(C)CC1. The van der Waals surface area contributed by atoms with E-state index in [1.165, 1.54) is 45.6 Å². The topological polar surface area (TPSA) is 6.48 Å². The van der Waals surface area contributed by atoms with Gasteiger partial charge >= 0.3 is 0 Å². The molecule has 14 heavy (non-hydrogen) atoms. The first-order valence-corrected chi connectivity index (χ1v) is 5.94. The largest absolute Gasteiger partial charge is 0.304 e. The van der Waals surface area contributed by atoms with E-state index < -0.39 is 0 Å². The van der Waals surface area contributed by atoms with Crippen LogP contribution in [0, 0.1) is 5.41 Å². The quantitative estimate of drug-likeness (QED) is 0.682. The van der Waals surface area contributed by atoms with Gasteiger partial charge in [0.1, 0.15) is 0 Å². The van der Waals surface area contributed by atoms with Crippen LogP contribution in [-0.4, -0.2) is 49.6 Å². The number of likely N-dealkylation sites (N-methyl/N-ethyl adjacent to an activating group) is 1. The van der Waals surface area contributed by atoms with E-state index in [9.17, 15) is 0 Å². The minimum atomic E-state index is 0.505. The predicted molar refractivity (Wildman–Crippen MR) is 62.6 cm³/mol. The molecule has 84 valence electrons. The van der Waals surface area contributed by atoms with Crippen molar-refractivity contribution in [1.29, 1.82) is 0 Å². The summed E-state index contributed by atoms with van der Waals surface area (Å²) < 4.78 is 0. The van der Waals surface area contributed by atoms with Gasteiger partial charge in [-0.05, 0) is 18.9 Å². The second kappa shape index (κ2) is 5.13. The Kier molecular flexibility index (Phi) is 4.39. The van der Waals surface area contributed by atoms with E-state index in [1.54, 1.807) is 0 Å². The zero-order chi connectivity index (χ0) is 10.6. The maximum Gasteiger partial charge on any atom is 0.0110 e. The summed E-state index contributed by atoms with van der Waals surface area (Å²) in [6.45, 7) is 13.3. The van der Waals surface area contributed by atoms with Crippen LogP contribution >= 0.6 is 0 Å². The van der Waals surface area contributed by atoms with Crippen LogP contribution in [0.25, 0.3) is 0 Å². The van der Waals surface area contributed by atoms with Gasteiger partial charge in [0.15, 0.2) is 0 Å². The van der Waals surface area contributed by atoms with E-state index in [1.807, 2.05) is 0 Å². The molecule has 0 aliphatic carbocycles. The fourth-order valence-corrected chi connectivity index (χ4v) is 2.37. The van der Waals surface area contributed by atoms with Gasteiger partial charge in [-0.2, -0.15) is 0 Å². The average Bonchev–Trinajstić information content (AvgIpc) is 2.08. The van der Waals surface area contributed by atoms with Crippen molar-refractivity contribution >= 4 is 0 Å². The number of piperazine rings is 1. The lowest BCUT2D eigenvalue weighted by molar-refractivity contribution is 0.106. The van der Waals surface area contributed by atoms with Gasteiger partial charge in [0.2, 0.25) is 0 Å².